The van der Waals surface area contributed by atoms with Gasteiger partial charge in [0.15, 0.2) is 0 Å². The van der Waals surface area contributed by atoms with Gasteiger partial charge in [-0.05, 0) is 45.6 Å². The molecule has 114 valence electrons. The zero-order valence-electron chi connectivity index (χ0n) is 12.7. The van der Waals surface area contributed by atoms with Gasteiger partial charge in [0, 0.05) is 13.2 Å². The second-order valence-electron chi connectivity index (χ2n) is 5.38. The molecule has 1 N–H and O–H groups in total. The van der Waals surface area contributed by atoms with Crippen LogP contribution in [0.5, 0.6) is 0 Å². The minimum Gasteiger partial charge on any atom is -0.376 e. The summed E-state index contributed by atoms with van der Waals surface area (Å²) in [4.78, 5) is 0. The van der Waals surface area contributed by atoms with Crippen LogP contribution >= 0.6 is 11.6 Å². The Balaban J connectivity index is 2.27. The molecule has 1 saturated carbocycles. The van der Waals surface area contributed by atoms with Crippen LogP contribution < -0.4 is 5.32 Å². The molecule has 0 bridgehead atoms. The second kappa shape index (κ2) is 7.43. The molecule has 0 aliphatic heterocycles. The summed E-state index contributed by atoms with van der Waals surface area (Å²) in [5.74, 6) is 0.653. The van der Waals surface area contributed by atoms with Crippen molar-refractivity contribution in [2.24, 2.45) is 5.92 Å². The Labute approximate surface area is 126 Å². The number of halogens is 1. The first-order valence-corrected chi connectivity index (χ1v) is 8.16. The fraction of sp³-hybridized carbons (Fsp3) is 0.800. The lowest BCUT2D eigenvalue weighted by molar-refractivity contribution is 0.0164. The van der Waals surface area contributed by atoms with Crippen LogP contribution in [0.2, 0.25) is 5.02 Å². The molecule has 2 unspecified atom stereocenters. The van der Waals surface area contributed by atoms with Crippen LogP contribution in [0.25, 0.3) is 0 Å². The smallest absolute Gasteiger partial charge is 0.0835 e. The van der Waals surface area contributed by atoms with Crippen molar-refractivity contribution >= 4 is 11.6 Å². The lowest BCUT2D eigenvalue weighted by atomic mass is 10.0. The summed E-state index contributed by atoms with van der Waals surface area (Å²) in [6.45, 7) is 8.86. The lowest BCUT2D eigenvalue weighted by Gasteiger charge is -2.29. The Morgan fingerprint density at radius 3 is 2.75 bits per heavy atom. The van der Waals surface area contributed by atoms with Crippen molar-refractivity contribution < 1.29 is 4.74 Å². The fourth-order valence-electron chi connectivity index (χ4n) is 2.72. The van der Waals surface area contributed by atoms with Crippen molar-refractivity contribution in [3.8, 4) is 0 Å². The van der Waals surface area contributed by atoms with Crippen LogP contribution in [-0.4, -0.2) is 29.0 Å². The highest BCUT2D eigenvalue weighted by molar-refractivity contribution is 6.31. The Morgan fingerprint density at radius 1 is 1.45 bits per heavy atom. The zero-order chi connectivity index (χ0) is 14.5. The molecular formula is C15H26ClN3O. The topological polar surface area (TPSA) is 39.1 Å². The molecule has 1 fully saturated rings. The van der Waals surface area contributed by atoms with Crippen LogP contribution in [0, 0.1) is 5.92 Å². The molecule has 5 heteroatoms. The number of hydrogen-bond donors (Lipinski definition) is 1. The summed E-state index contributed by atoms with van der Waals surface area (Å²) >= 11 is 6.39. The van der Waals surface area contributed by atoms with Gasteiger partial charge in [-0.3, -0.25) is 4.68 Å². The average molecular weight is 300 g/mol. The molecule has 0 spiro atoms. The Hall–Kier alpha value is -0.580. The number of hydrogen-bond acceptors (Lipinski definition) is 3. The van der Waals surface area contributed by atoms with E-state index in [9.17, 15) is 0 Å². The minimum absolute atomic E-state index is 0.136. The average Bonchev–Trinajstić information content (AvgIpc) is 3.22. The first kappa shape index (κ1) is 15.8. The number of aromatic nitrogens is 2. The normalized spacial score (nSPS) is 18.2. The van der Waals surface area contributed by atoms with E-state index in [2.05, 4.69) is 31.2 Å². The minimum atomic E-state index is 0.136. The summed E-state index contributed by atoms with van der Waals surface area (Å²) in [7, 11) is 0. The predicted octanol–water partition coefficient (Wildman–Crippen LogP) is 3.41. The summed E-state index contributed by atoms with van der Waals surface area (Å²) in [5, 5.41) is 8.74. The Kier molecular flexibility index (Phi) is 5.87. The molecule has 1 aromatic heterocycles. The molecule has 0 radical (unpaired) electrons. The summed E-state index contributed by atoms with van der Waals surface area (Å²) in [6.07, 6.45) is 5.56. The van der Waals surface area contributed by atoms with Crippen LogP contribution in [0.3, 0.4) is 0 Å². The van der Waals surface area contributed by atoms with Gasteiger partial charge in [0.1, 0.15) is 0 Å². The molecule has 1 aliphatic carbocycles. The summed E-state index contributed by atoms with van der Waals surface area (Å²) in [5.41, 5.74) is 1.08. The highest BCUT2D eigenvalue weighted by Crippen LogP contribution is 2.41. The molecule has 4 nitrogen and oxygen atoms in total. The molecule has 0 amide bonds. The van der Waals surface area contributed by atoms with E-state index in [1.807, 2.05) is 4.68 Å². The number of nitrogens with one attached hydrogen (secondary N) is 1. The zero-order valence-corrected chi connectivity index (χ0v) is 13.5. The maximum Gasteiger partial charge on any atom is 0.0835 e. The number of nitrogens with zero attached hydrogens (tertiary/aromatic N) is 2. The fourth-order valence-corrected chi connectivity index (χ4v) is 2.98. The van der Waals surface area contributed by atoms with E-state index in [0.29, 0.717) is 5.92 Å². The van der Waals surface area contributed by atoms with Gasteiger partial charge in [-0.1, -0.05) is 18.5 Å². The number of ether oxygens (including phenoxy) is 1. The van der Waals surface area contributed by atoms with E-state index in [1.54, 1.807) is 6.20 Å². The first-order valence-electron chi connectivity index (χ1n) is 7.79. The van der Waals surface area contributed by atoms with E-state index < -0.39 is 0 Å². The van der Waals surface area contributed by atoms with Gasteiger partial charge in [0.25, 0.3) is 0 Å². The summed E-state index contributed by atoms with van der Waals surface area (Å²) < 4.78 is 8.03. The third-order valence-corrected chi connectivity index (χ3v) is 4.11. The number of rotatable bonds is 9. The SMILES string of the molecule is CCCNC(c1c(Cl)cnn1CC)C(OCC)C1CC1. The molecule has 0 aromatic carbocycles. The van der Waals surface area contributed by atoms with Crippen molar-refractivity contribution in [3.05, 3.63) is 16.9 Å². The van der Waals surface area contributed by atoms with E-state index in [0.717, 1.165) is 36.8 Å². The van der Waals surface area contributed by atoms with Gasteiger partial charge in [-0.25, -0.2) is 0 Å². The van der Waals surface area contributed by atoms with E-state index in [4.69, 9.17) is 16.3 Å². The highest BCUT2D eigenvalue weighted by atomic mass is 35.5. The molecular weight excluding hydrogens is 274 g/mol. The van der Waals surface area contributed by atoms with Gasteiger partial charge in [-0.2, -0.15) is 5.10 Å². The Bertz CT molecular complexity index is 417. The predicted molar refractivity (Wildman–Crippen MR) is 82.1 cm³/mol. The molecule has 1 heterocycles. The van der Waals surface area contributed by atoms with Crippen molar-refractivity contribution in [3.63, 3.8) is 0 Å². The van der Waals surface area contributed by atoms with Gasteiger partial charge >= 0.3 is 0 Å². The Morgan fingerprint density at radius 2 is 2.20 bits per heavy atom. The molecule has 1 aliphatic rings. The lowest BCUT2D eigenvalue weighted by Crippen LogP contribution is -2.37. The van der Waals surface area contributed by atoms with Gasteiger partial charge in [0.2, 0.25) is 0 Å². The highest BCUT2D eigenvalue weighted by Gasteiger charge is 2.39. The maximum atomic E-state index is 6.39. The molecule has 2 atom stereocenters. The standard InChI is InChI=1S/C15H26ClN3O/c1-4-9-17-13(15(20-6-3)11-7-8-11)14-12(16)10-18-19(14)5-2/h10-11,13,15,17H,4-9H2,1-3H3. The van der Waals surface area contributed by atoms with Crippen LogP contribution in [-0.2, 0) is 11.3 Å². The maximum absolute atomic E-state index is 6.39. The second-order valence-corrected chi connectivity index (χ2v) is 5.79. The van der Waals surface area contributed by atoms with Gasteiger partial charge < -0.3 is 10.1 Å². The van der Waals surface area contributed by atoms with Crippen molar-refractivity contribution in [1.29, 1.82) is 0 Å². The first-order chi connectivity index (χ1) is 9.72. The van der Waals surface area contributed by atoms with Crippen molar-refractivity contribution in [2.75, 3.05) is 13.2 Å². The monoisotopic (exact) mass is 299 g/mol. The van der Waals surface area contributed by atoms with Crippen LogP contribution in [0.15, 0.2) is 6.20 Å². The van der Waals surface area contributed by atoms with E-state index in [-0.39, 0.29) is 12.1 Å². The van der Waals surface area contributed by atoms with Crippen molar-refractivity contribution in [2.45, 2.75) is 58.7 Å². The van der Waals surface area contributed by atoms with Gasteiger partial charge in [0.05, 0.1) is 29.1 Å². The van der Waals surface area contributed by atoms with E-state index in [1.165, 1.54) is 12.8 Å². The summed E-state index contributed by atoms with van der Waals surface area (Å²) in [6, 6.07) is 0.136. The molecule has 20 heavy (non-hydrogen) atoms. The number of aryl methyl sites for hydroxylation is 1. The molecule has 0 saturated heterocycles. The molecule has 1 aromatic rings. The van der Waals surface area contributed by atoms with Gasteiger partial charge in [-0.15, -0.1) is 0 Å². The third-order valence-electron chi connectivity index (χ3n) is 3.82. The molecule has 2 rings (SSSR count). The van der Waals surface area contributed by atoms with Crippen molar-refractivity contribution in [1.82, 2.24) is 15.1 Å². The van der Waals surface area contributed by atoms with Crippen LogP contribution in [0.1, 0.15) is 51.8 Å². The quantitative estimate of drug-likeness (QED) is 0.759. The third kappa shape index (κ3) is 3.54. The van der Waals surface area contributed by atoms with E-state index >= 15 is 0 Å². The van der Waals surface area contributed by atoms with Crippen LogP contribution in [0.4, 0.5) is 0 Å². The largest absolute Gasteiger partial charge is 0.376 e.